The number of rotatable bonds is 6. The molecule has 4 aromatic rings. The molecule has 29 heavy (non-hydrogen) atoms. The molecule has 0 unspecified atom stereocenters. The summed E-state index contributed by atoms with van der Waals surface area (Å²) in [5.41, 5.74) is 8.68. The molecule has 0 amide bonds. The highest BCUT2D eigenvalue weighted by atomic mass is 16.5. The molecule has 1 aromatic carbocycles. The Labute approximate surface area is 168 Å². The van der Waals surface area contributed by atoms with E-state index in [4.69, 9.17) is 10.5 Å². The van der Waals surface area contributed by atoms with Gasteiger partial charge in [0, 0.05) is 23.5 Å². The van der Waals surface area contributed by atoms with E-state index in [1.807, 2.05) is 61.0 Å². The van der Waals surface area contributed by atoms with Gasteiger partial charge in [-0.2, -0.15) is 0 Å². The van der Waals surface area contributed by atoms with Crippen LogP contribution < -0.4 is 16.0 Å². The van der Waals surface area contributed by atoms with Gasteiger partial charge in [-0.3, -0.25) is 14.3 Å². The Kier molecular flexibility index (Phi) is 4.90. The first-order valence-corrected chi connectivity index (χ1v) is 9.44. The summed E-state index contributed by atoms with van der Waals surface area (Å²) in [5, 5.41) is 0.537. The average Bonchev–Trinajstić information content (AvgIpc) is 3.09. The first kappa shape index (κ1) is 18.9. The minimum atomic E-state index is -0.262. The van der Waals surface area contributed by atoms with Gasteiger partial charge in [0.1, 0.15) is 5.75 Å². The Morgan fingerprint density at radius 3 is 2.69 bits per heavy atom. The second-order valence-electron chi connectivity index (χ2n) is 7.67. The zero-order chi connectivity index (χ0) is 20.4. The molecule has 0 spiro atoms. The highest BCUT2D eigenvalue weighted by Crippen LogP contribution is 2.30. The van der Waals surface area contributed by atoms with Crippen molar-refractivity contribution in [2.24, 2.45) is 5.73 Å². The lowest BCUT2D eigenvalue weighted by Gasteiger charge is -2.18. The summed E-state index contributed by atoms with van der Waals surface area (Å²) in [6.07, 6.45) is 7.53. The number of aromatic amines is 1. The highest BCUT2D eigenvalue weighted by molar-refractivity contribution is 5.94. The van der Waals surface area contributed by atoms with Gasteiger partial charge in [0.15, 0.2) is 5.65 Å². The smallest absolute Gasteiger partial charge is 0.260 e. The number of hydrogen-bond donors (Lipinski definition) is 2. The van der Waals surface area contributed by atoms with E-state index in [0.29, 0.717) is 17.6 Å². The summed E-state index contributed by atoms with van der Waals surface area (Å²) >= 11 is 0. The monoisotopic (exact) mass is 389 g/mol. The van der Waals surface area contributed by atoms with Gasteiger partial charge < -0.3 is 15.5 Å². The van der Waals surface area contributed by atoms with Crippen molar-refractivity contribution in [3.05, 3.63) is 71.7 Å². The molecule has 0 saturated heterocycles. The number of fused-ring (bicyclic) bond motifs is 1. The molecule has 3 aromatic heterocycles. The molecule has 0 radical (unpaired) electrons. The van der Waals surface area contributed by atoms with Crippen LogP contribution >= 0.6 is 0 Å². The second-order valence-corrected chi connectivity index (χ2v) is 7.67. The largest absolute Gasteiger partial charge is 0.494 e. The Bertz CT molecular complexity index is 1170. The summed E-state index contributed by atoms with van der Waals surface area (Å²) < 4.78 is 7.66. The fraction of sp³-hybridized carbons (Fsp3) is 0.227. The zero-order valence-electron chi connectivity index (χ0n) is 16.4. The molecular weight excluding hydrogens is 366 g/mol. The minimum Gasteiger partial charge on any atom is -0.494 e. The number of hydrogen-bond acceptors (Lipinski definition) is 5. The van der Waals surface area contributed by atoms with E-state index in [-0.39, 0.29) is 11.1 Å². The molecule has 7 nitrogen and oxygen atoms in total. The van der Waals surface area contributed by atoms with E-state index in [0.717, 1.165) is 29.0 Å². The van der Waals surface area contributed by atoms with Gasteiger partial charge in [0.2, 0.25) is 0 Å². The van der Waals surface area contributed by atoms with Crippen molar-refractivity contribution in [2.45, 2.75) is 25.8 Å². The standard InChI is InChI=1S/C22H23N5O2/c1-22(2,23)9-11-29-17-7-5-15(6-8-17)18-13-27(16-4-3-10-24-12-16)20-19(18)21(28)26-14-25-20/h3-8,10,12-14H,9,11,23H2,1-2H3,(H,25,26,28). The van der Waals surface area contributed by atoms with Gasteiger partial charge in [-0.05, 0) is 50.1 Å². The van der Waals surface area contributed by atoms with E-state index >= 15 is 0 Å². The summed E-state index contributed by atoms with van der Waals surface area (Å²) in [7, 11) is 0. The van der Waals surface area contributed by atoms with Crippen LogP contribution in [0.5, 0.6) is 5.75 Å². The number of pyridine rings is 1. The minimum absolute atomic E-state index is 0.182. The topological polar surface area (TPSA) is 98.8 Å². The molecule has 0 aliphatic heterocycles. The number of ether oxygens (including phenoxy) is 1. The van der Waals surface area contributed by atoms with Crippen molar-refractivity contribution in [3.8, 4) is 22.6 Å². The van der Waals surface area contributed by atoms with Crippen LogP contribution in [-0.2, 0) is 0 Å². The predicted octanol–water partition coefficient (Wildman–Crippen LogP) is 3.28. The quantitative estimate of drug-likeness (QED) is 0.527. The third-order valence-electron chi connectivity index (χ3n) is 4.69. The van der Waals surface area contributed by atoms with Gasteiger partial charge >= 0.3 is 0 Å². The third-order valence-corrected chi connectivity index (χ3v) is 4.69. The lowest BCUT2D eigenvalue weighted by atomic mass is 10.0. The van der Waals surface area contributed by atoms with Gasteiger partial charge in [-0.25, -0.2) is 4.98 Å². The normalized spacial score (nSPS) is 11.7. The number of benzene rings is 1. The maximum atomic E-state index is 12.6. The Morgan fingerprint density at radius 1 is 1.21 bits per heavy atom. The summed E-state index contributed by atoms with van der Waals surface area (Å²) in [4.78, 5) is 23.8. The lowest BCUT2D eigenvalue weighted by molar-refractivity contribution is 0.274. The first-order chi connectivity index (χ1) is 13.9. The van der Waals surface area contributed by atoms with Crippen molar-refractivity contribution >= 4 is 11.0 Å². The van der Waals surface area contributed by atoms with E-state index in [2.05, 4.69) is 15.0 Å². The Morgan fingerprint density at radius 2 is 2.00 bits per heavy atom. The van der Waals surface area contributed by atoms with Crippen molar-refractivity contribution in [2.75, 3.05) is 6.61 Å². The van der Waals surface area contributed by atoms with Gasteiger partial charge in [0.05, 0.1) is 30.2 Å². The van der Waals surface area contributed by atoms with E-state index in [1.165, 1.54) is 6.33 Å². The van der Waals surface area contributed by atoms with Crippen LogP contribution in [0.25, 0.3) is 27.8 Å². The maximum absolute atomic E-state index is 12.6. The molecule has 0 atom stereocenters. The lowest BCUT2D eigenvalue weighted by Crippen LogP contribution is -2.33. The van der Waals surface area contributed by atoms with E-state index in [1.54, 1.807) is 12.4 Å². The molecule has 0 fully saturated rings. The van der Waals surface area contributed by atoms with Crippen molar-refractivity contribution in [1.82, 2.24) is 19.5 Å². The fourth-order valence-corrected chi connectivity index (χ4v) is 3.15. The SMILES string of the molecule is CC(C)(N)CCOc1ccc(-c2cn(-c3cccnc3)c3nc[nH]c(=O)c23)cc1. The molecular formula is C22H23N5O2. The van der Waals surface area contributed by atoms with Gasteiger partial charge in [-0.1, -0.05) is 12.1 Å². The Hall–Kier alpha value is -3.45. The second kappa shape index (κ2) is 7.52. The summed E-state index contributed by atoms with van der Waals surface area (Å²) in [5.74, 6) is 0.765. The molecule has 0 bridgehead atoms. The van der Waals surface area contributed by atoms with Crippen LogP contribution in [0.4, 0.5) is 0 Å². The molecule has 4 rings (SSSR count). The highest BCUT2D eigenvalue weighted by Gasteiger charge is 2.16. The third kappa shape index (κ3) is 4.05. The molecule has 0 aliphatic carbocycles. The summed E-state index contributed by atoms with van der Waals surface area (Å²) in [6.45, 7) is 4.50. The molecule has 0 aliphatic rings. The number of aromatic nitrogens is 4. The van der Waals surface area contributed by atoms with Crippen LogP contribution in [0.3, 0.4) is 0 Å². The number of nitrogens with one attached hydrogen (secondary N) is 1. The first-order valence-electron chi connectivity index (χ1n) is 9.44. The van der Waals surface area contributed by atoms with Crippen molar-refractivity contribution in [3.63, 3.8) is 0 Å². The van der Waals surface area contributed by atoms with Crippen LogP contribution in [0.15, 0.2) is 66.1 Å². The summed E-state index contributed by atoms with van der Waals surface area (Å²) in [6, 6.07) is 11.5. The van der Waals surface area contributed by atoms with Crippen LogP contribution in [0, 0.1) is 0 Å². The number of H-pyrrole nitrogens is 1. The fourth-order valence-electron chi connectivity index (χ4n) is 3.15. The average molecular weight is 389 g/mol. The molecule has 148 valence electrons. The molecule has 0 saturated carbocycles. The predicted molar refractivity (Wildman–Crippen MR) is 113 cm³/mol. The van der Waals surface area contributed by atoms with Crippen molar-refractivity contribution < 1.29 is 4.74 Å². The molecule has 3 N–H and O–H groups in total. The Balaban J connectivity index is 1.70. The van der Waals surface area contributed by atoms with Gasteiger partial charge in [-0.15, -0.1) is 0 Å². The number of nitrogens with zero attached hydrogens (tertiary/aromatic N) is 3. The van der Waals surface area contributed by atoms with E-state index < -0.39 is 0 Å². The van der Waals surface area contributed by atoms with Gasteiger partial charge in [0.25, 0.3) is 5.56 Å². The molecule has 3 heterocycles. The maximum Gasteiger partial charge on any atom is 0.260 e. The van der Waals surface area contributed by atoms with Crippen LogP contribution in [0.1, 0.15) is 20.3 Å². The molecule has 7 heteroatoms. The van der Waals surface area contributed by atoms with Crippen LogP contribution in [0.2, 0.25) is 0 Å². The zero-order valence-corrected chi connectivity index (χ0v) is 16.4. The number of nitrogens with two attached hydrogens (primary N) is 1. The van der Waals surface area contributed by atoms with Crippen molar-refractivity contribution in [1.29, 1.82) is 0 Å². The van der Waals surface area contributed by atoms with E-state index in [9.17, 15) is 4.79 Å². The van der Waals surface area contributed by atoms with Crippen LogP contribution in [-0.4, -0.2) is 31.7 Å².